The lowest BCUT2D eigenvalue weighted by molar-refractivity contribution is 0.118. The summed E-state index contributed by atoms with van der Waals surface area (Å²) in [4.78, 5) is 9.23. The molecule has 1 fully saturated rings. The number of terminal acetylenes is 1. The first-order valence-electron chi connectivity index (χ1n) is 8.13. The van der Waals surface area contributed by atoms with Crippen LogP contribution in [0.4, 0.5) is 0 Å². The first kappa shape index (κ1) is 16.5. The molecule has 0 radical (unpaired) electrons. The first-order valence-corrected chi connectivity index (χ1v) is 8.13. The van der Waals surface area contributed by atoms with E-state index in [0.717, 1.165) is 50.5 Å². The molecule has 24 heavy (non-hydrogen) atoms. The van der Waals surface area contributed by atoms with Crippen LogP contribution in [0.15, 0.2) is 28.8 Å². The molecule has 0 saturated carbocycles. The molecule has 1 aliphatic heterocycles. The van der Waals surface area contributed by atoms with Gasteiger partial charge in [-0.1, -0.05) is 5.16 Å². The van der Waals surface area contributed by atoms with Gasteiger partial charge in [0.15, 0.2) is 0 Å². The van der Waals surface area contributed by atoms with Crippen molar-refractivity contribution < 1.29 is 9.26 Å². The van der Waals surface area contributed by atoms with Gasteiger partial charge >= 0.3 is 0 Å². The molecule has 0 amide bonds. The van der Waals surface area contributed by atoms with E-state index in [0.29, 0.717) is 18.3 Å². The van der Waals surface area contributed by atoms with E-state index in [4.69, 9.17) is 15.7 Å². The van der Waals surface area contributed by atoms with Gasteiger partial charge in [0.1, 0.15) is 5.75 Å². The fourth-order valence-electron chi connectivity index (χ4n) is 2.76. The molecule has 2 aromatic rings. The molecule has 0 unspecified atom stereocenters. The summed E-state index contributed by atoms with van der Waals surface area (Å²) in [5, 5.41) is 4.08. The third-order valence-corrected chi connectivity index (χ3v) is 4.21. The zero-order valence-electron chi connectivity index (χ0n) is 13.9. The fraction of sp³-hybridized carbons (Fsp3) is 0.444. The standard InChI is InChI=1S/C18H22N4O2/c1-3-4-9-21-10-12-22(13-11-21)14-17-19-18(20-24-17)15-5-7-16(23-2)8-6-15/h1,5-8H,4,9-14H2,2H3. The maximum atomic E-state index is 5.40. The zero-order chi connectivity index (χ0) is 16.8. The van der Waals surface area contributed by atoms with E-state index in [1.807, 2.05) is 24.3 Å². The van der Waals surface area contributed by atoms with Crippen LogP contribution in [-0.4, -0.2) is 59.8 Å². The lowest BCUT2D eigenvalue weighted by Crippen LogP contribution is -2.46. The minimum atomic E-state index is 0.611. The van der Waals surface area contributed by atoms with Gasteiger partial charge in [-0.2, -0.15) is 4.98 Å². The van der Waals surface area contributed by atoms with Gasteiger partial charge in [0.05, 0.1) is 13.7 Å². The fourth-order valence-corrected chi connectivity index (χ4v) is 2.76. The summed E-state index contributed by atoms with van der Waals surface area (Å²) in [6.45, 7) is 5.70. The highest BCUT2D eigenvalue weighted by Gasteiger charge is 2.19. The highest BCUT2D eigenvalue weighted by atomic mass is 16.5. The van der Waals surface area contributed by atoms with E-state index in [1.165, 1.54) is 0 Å². The second-order valence-electron chi connectivity index (χ2n) is 5.81. The van der Waals surface area contributed by atoms with Crippen LogP contribution in [0, 0.1) is 12.3 Å². The van der Waals surface area contributed by atoms with Crippen molar-refractivity contribution in [3.63, 3.8) is 0 Å². The van der Waals surface area contributed by atoms with Gasteiger partial charge in [-0.3, -0.25) is 9.80 Å². The number of piperazine rings is 1. The van der Waals surface area contributed by atoms with Crippen LogP contribution in [0.5, 0.6) is 5.75 Å². The Morgan fingerprint density at radius 2 is 1.88 bits per heavy atom. The van der Waals surface area contributed by atoms with E-state index >= 15 is 0 Å². The van der Waals surface area contributed by atoms with E-state index in [9.17, 15) is 0 Å². The number of hydrogen-bond acceptors (Lipinski definition) is 6. The van der Waals surface area contributed by atoms with E-state index in [2.05, 4.69) is 25.9 Å². The van der Waals surface area contributed by atoms with Gasteiger partial charge in [0.2, 0.25) is 11.7 Å². The maximum Gasteiger partial charge on any atom is 0.241 e. The highest BCUT2D eigenvalue weighted by molar-refractivity contribution is 5.55. The quantitative estimate of drug-likeness (QED) is 0.756. The molecule has 1 saturated heterocycles. The summed E-state index contributed by atoms with van der Waals surface area (Å²) >= 11 is 0. The number of aromatic nitrogens is 2. The SMILES string of the molecule is C#CCCN1CCN(Cc2nc(-c3ccc(OC)cc3)no2)CC1. The average Bonchev–Trinajstić information content (AvgIpc) is 3.10. The average molecular weight is 326 g/mol. The molecule has 1 aliphatic rings. The molecule has 6 heteroatoms. The summed E-state index contributed by atoms with van der Waals surface area (Å²) in [6.07, 6.45) is 6.13. The van der Waals surface area contributed by atoms with Crippen LogP contribution in [0.2, 0.25) is 0 Å². The van der Waals surface area contributed by atoms with Gasteiger partial charge in [-0.05, 0) is 24.3 Å². The monoisotopic (exact) mass is 326 g/mol. The second-order valence-corrected chi connectivity index (χ2v) is 5.81. The van der Waals surface area contributed by atoms with Crippen molar-refractivity contribution in [2.45, 2.75) is 13.0 Å². The van der Waals surface area contributed by atoms with Crippen LogP contribution in [-0.2, 0) is 6.54 Å². The van der Waals surface area contributed by atoms with Crippen LogP contribution in [0.3, 0.4) is 0 Å². The summed E-state index contributed by atoms with van der Waals surface area (Å²) in [5.41, 5.74) is 0.921. The van der Waals surface area contributed by atoms with Crippen LogP contribution >= 0.6 is 0 Å². The normalized spacial score (nSPS) is 16.0. The third-order valence-electron chi connectivity index (χ3n) is 4.21. The van der Waals surface area contributed by atoms with Crippen molar-refractivity contribution in [3.05, 3.63) is 30.2 Å². The van der Waals surface area contributed by atoms with Gasteiger partial charge in [-0.25, -0.2) is 0 Å². The molecule has 0 atom stereocenters. The van der Waals surface area contributed by atoms with Crippen molar-refractivity contribution in [1.82, 2.24) is 19.9 Å². The van der Waals surface area contributed by atoms with Crippen molar-refractivity contribution in [2.24, 2.45) is 0 Å². The number of rotatable bonds is 6. The number of methoxy groups -OCH3 is 1. The van der Waals surface area contributed by atoms with Gasteiger partial charge in [0.25, 0.3) is 0 Å². The van der Waals surface area contributed by atoms with Crippen molar-refractivity contribution in [3.8, 4) is 29.5 Å². The minimum absolute atomic E-state index is 0.611. The Balaban J connectivity index is 1.54. The van der Waals surface area contributed by atoms with Gasteiger partial charge < -0.3 is 9.26 Å². The van der Waals surface area contributed by atoms with Crippen LogP contribution < -0.4 is 4.74 Å². The Kier molecular flexibility index (Phi) is 5.47. The number of benzene rings is 1. The molecule has 1 aromatic carbocycles. The Bertz CT molecular complexity index is 682. The molecule has 3 rings (SSSR count). The van der Waals surface area contributed by atoms with Crippen LogP contribution in [0.1, 0.15) is 12.3 Å². The van der Waals surface area contributed by atoms with Gasteiger partial charge in [-0.15, -0.1) is 12.3 Å². The molecule has 0 aliphatic carbocycles. The highest BCUT2D eigenvalue weighted by Crippen LogP contribution is 2.20. The zero-order valence-corrected chi connectivity index (χ0v) is 13.9. The van der Waals surface area contributed by atoms with Gasteiger partial charge in [0, 0.05) is 44.7 Å². The Morgan fingerprint density at radius 1 is 1.17 bits per heavy atom. The second kappa shape index (κ2) is 7.95. The van der Waals surface area contributed by atoms with E-state index < -0.39 is 0 Å². The lowest BCUT2D eigenvalue weighted by Gasteiger charge is -2.33. The molecule has 0 spiro atoms. The minimum Gasteiger partial charge on any atom is -0.497 e. The Morgan fingerprint density at radius 3 is 2.54 bits per heavy atom. The summed E-state index contributed by atoms with van der Waals surface area (Å²) in [7, 11) is 1.65. The molecular weight excluding hydrogens is 304 g/mol. The molecule has 0 N–H and O–H groups in total. The first-order chi connectivity index (χ1) is 11.8. The Labute approximate surface area is 142 Å². The number of ether oxygens (including phenoxy) is 1. The van der Waals surface area contributed by atoms with E-state index in [-0.39, 0.29) is 0 Å². The largest absolute Gasteiger partial charge is 0.497 e. The predicted octanol–water partition coefficient (Wildman–Crippen LogP) is 1.89. The third kappa shape index (κ3) is 4.13. The molecule has 2 heterocycles. The van der Waals surface area contributed by atoms with Crippen molar-refractivity contribution >= 4 is 0 Å². The molecule has 0 bridgehead atoms. The molecule has 126 valence electrons. The van der Waals surface area contributed by atoms with E-state index in [1.54, 1.807) is 7.11 Å². The molecule has 1 aromatic heterocycles. The topological polar surface area (TPSA) is 54.6 Å². The lowest BCUT2D eigenvalue weighted by atomic mass is 10.2. The summed E-state index contributed by atoms with van der Waals surface area (Å²) in [5.74, 6) is 4.77. The smallest absolute Gasteiger partial charge is 0.241 e. The van der Waals surface area contributed by atoms with Crippen molar-refractivity contribution in [2.75, 3.05) is 39.8 Å². The van der Waals surface area contributed by atoms with Crippen molar-refractivity contribution in [1.29, 1.82) is 0 Å². The molecular formula is C18H22N4O2. The summed E-state index contributed by atoms with van der Waals surface area (Å²) < 4.78 is 10.6. The predicted molar refractivity (Wildman–Crippen MR) is 91.5 cm³/mol. The number of hydrogen-bond donors (Lipinski definition) is 0. The molecule has 6 nitrogen and oxygen atoms in total. The van der Waals surface area contributed by atoms with Crippen LogP contribution in [0.25, 0.3) is 11.4 Å². The Hall–Kier alpha value is -2.36. The number of nitrogens with zero attached hydrogens (tertiary/aromatic N) is 4. The maximum absolute atomic E-state index is 5.40. The summed E-state index contributed by atoms with van der Waals surface area (Å²) in [6, 6.07) is 7.64.